The Morgan fingerprint density at radius 3 is 2.44 bits per heavy atom. The number of hydrogen-bond acceptors (Lipinski definition) is 4. The van der Waals surface area contributed by atoms with Crippen LogP contribution in [0.25, 0.3) is 0 Å². The fraction of sp³-hybridized carbons (Fsp3) is 0.185. The van der Waals surface area contributed by atoms with Gasteiger partial charge in [0.2, 0.25) is 0 Å². The van der Waals surface area contributed by atoms with Gasteiger partial charge in [0.15, 0.2) is 5.82 Å². The third kappa shape index (κ3) is 5.95. The van der Waals surface area contributed by atoms with E-state index in [9.17, 15) is 4.79 Å². The Hall–Kier alpha value is -3.19. The van der Waals surface area contributed by atoms with Crippen molar-refractivity contribution in [2.24, 2.45) is 0 Å². The van der Waals surface area contributed by atoms with Crippen LogP contribution in [0.4, 0.5) is 5.82 Å². The van der Waals surface area contributed by atoms with Gasteiger partial charge in [-0.1, -0.05) is 53.0 Å². The van der Waals surface area contributed by atoms with Crippen LogP contribution in [0.2, 0.25) is 15.1 Å². The molecule has 36 heavy (non-hydrogen) atoms. The van der Waals surface area contributed by atoms with Crippen molar-refractivity contribution in [3.63, 3.8) is 0 Å². The molecule has 0 spiro atoms. The van der Waals surface area contributed by atoms with E-state index in [1.807, 2.05) is 32.0 Å². The van der Waals surface area contributed by atoms with E-state index in [1.165, 1.54) is 0 Å². The minimum absolute atomic E-state index is 0.230. The van der Waals surface area contributed by atoms with E-state index in [0.717, 1.165) is 22.4 Å². The average Bonchev–Trinajstić information content (AvgIpc) is 3.20. The van der Waals surface area contributed by atoms with Crippen molar-refractivity contribution >= 4 is 46.5 Å². The Bertz CT molecular complexity index is 1400. The van der Waals surface area contributed by atoms with E-state index >= 15 is 0 Å². The van der Waals surface area contributed by atoms with Crippen molar-refractivity contribution in [2.45, 2.75) is 27.0 Å². The summed E-state index contributed by atoms with van der Waals surface area (Å²) in [6.07, 6.45) is 1.61. The van der Waals surface area contributed by atoms with E-state index < -0.39 is 0 Å². The number of hydrogen-bond donors (Lipinski definition) is 1. The molecule has 0 aliphatic rings. The van der Waals surface area contributed by atoms with Crippen LogP contribution in [0, 0.1) is 13.8 Å². The molecule has 0 saturated heterocycles. The number of halogens is 3. The topological polar surface area (TPSA) is 65.4 Å². The Kier molecular flexibility index (Phi) is 8.09. The third-order valence-corrected chi connectivity index (χ3v) is 6.58. The van der Waals surface area contributed by atoms with Gasteiger partial charge in [-0.3, -0.25) is 9.48 Å². The lowest BCUT2D eigenvalue weighted by molar-refractivity contribution is 0.102. The second-order valence-electron chi connectivity index (χ2n) is 8.26. The van der Waals surface area contributed by atoms with Crippen molar-refractivity contribution in [3.05, 3.63) is 104 Å². The molecule has 0 saturated carbocycles. The van der Waals surface area contributed by atoms with Crippen LogP contribution in [0.5, 0.6) is 11.5 Å². The Balaban J connectivity index is 1.50. The van der Waals surface area contributed by atoms with E-state index in [1.54, 1.807) is 54.4 Å². The first-order valence-corrected chi connectivity index (χ1v) is 12.2. The lowest BCUT2D eigenvalue weighted by Gasteiger charge is -2.14. The number of nitrogens with one attached hydrogen (secondary N) is 1. The first-order chi connectivity index (χ1) is 17.2. The van der Waals surface area contributed by atoms with Gasteiger partial charge in [0, 0.05) is 32.9 Å². The van der Waals surface area contributed by atoms with Gasteiger partial charge in [-0.25, -0.2) is 0 Å². The number of anilines is 1. The maximum absolute atomic E-state index is 13.0. The summed E-state index contributed by atoms with van der Waals surface area (Å²) in [4.78, 5) is 13.0. The van der Waals surface area contributed by atoms with Gasteiger partial charge in [0.1, 0.15) is 23.1 Å². The first-order valence-electron chi connectivity index (χ1n) is 11.1. The van der Waals surface area contributed by atoms with E-state index in [0.29, 0.717) is 38.5 Å². The molecule has 4 rings (SSSR count). The molecule has 0 fully saturated rings. The highest BCUT2D eigenvalue weighted by Crippen LogP contribution is 2.28. The number of ether oxygens (including phenoxy) is 2. The molecular formula is C27H24Cl3N3O3. The summed E-state index contributed by atoms with van der Waals surface area (Å²) in [6, 6.07) is 16.4. The highest BCUT2D eigenvalue weighted by Gasteiger charge is 2.16. The summed E-state index contributed by atoms with van der Waals surface area (Å²) in [5.74, 6) is 1.26. The molecule has 0 unspecified atom stereocenters. The van der Waals surface area contributed by atoms with Crippen molar-refractivity contribution in [1.29, 1.82) is 0 Å². The van der Waals surface area contributed by atoms with Crippen molar-refractivity contribution in [3.8, 4) is 11.5 Å². The van der Waals surface area contributed by atoms with Gasteiger partial charge >= 0.3 is 0 Å². The summed E-state index contributed by atoms with van der Waals surface area (Å²) in [5, 5.41) is 8.49. The molecule has 1 N–H and O–H groups in total. The van der Waals surface area contributed by atoms with E-state index in [2.05, 4.69) is 10.4 Å². The van der Waals surface area contributed by atoms with E-state index in [-0.39, 0.29) is 18.3 Å². The monoisotopic (exact) mass is 543 g/mol. The number of benzene rings is 3. The zero-order chi connectivity index (χ0) is 25.8. The largest absolute Gasteiger partial charge is 0.496 e. The molecule has 3 aromatic carbocycles. The van der Waals surface area contributed by atoms with Gasteiger partial charge in [0.05, 0.1) is 13.7 Å². The molecule has 1 heterocycles. The number of methoxy groups -OCH3 is 1. The third-order valence-electron chi connectivity index (χ3n) is 5.60. The van der Waals surface area contributed by atoms with Gasteiger partial charge in [0.25, 0.3) is 5.91 Å². The highest BCUT2D eigenvalue weighted by molar-refractivity contribution is 6.36. The van der Waals surface area contributed by atoms with Gasteiger partial charge in [-0.15, -0.1) is 0 Å². The summed E-state index contributed by atoms with van der Waals surface area (Å²) in [5.41, 5.74) is 3.98. The zero-order valence-electron chi connectivity index (χ0n) is 19.9. The van der Waals surface area contributed by atoms with Crippen LogP contribution < -0.4 is 14.8 Å². The van der Waals surface area contributed by atoms with Gasteiger partial charge < -0.3 is 14.8 Å². The number of carbonyl (C=O) groups is 1. The van der Waals surface area contributed by atoms with Crippen molar-refractivity contribution in [2.75, 3.05) is 12.4 Å². The van der Waals surface area contributed by atoms with Gasteiger partial charge in [-0.2, -0.15) is 5.10 Å². The SMILES string of the molecule is COc1ccc(C(=O)Nc2nn(Cc3c(Cl)cccc3Cl)cc2Cl)cc1COc1cc(C)ccc1C. The summed E-state index contributed by atoms with van der Waals surface area (Å²) in [6.45, 7) is 4.53. The van der Waals surface area contributed by atoms with Gasteiger partial charge in [-0.05, 0) is 61.4 Å². The summed E-state index contributed by atoms with van der Waals surface area (Å²) < 4.78 is 13.1. The molecule has 186 valence electrons. The number of amides is 1. The predicted octanol–water partition coefficient (Wildman–Crippen LogP) is 7.35. The van der Waals surface area contributed by atoms with Crippen LogP contribution in [0.1, 0.15) is 32.6 Å². The quantitative estimate of drug-likeness (QED) is 0.252. The normalized spacial score (nSPS) is 10.8. The molecule has 4 aromatic rings. The highest BCUT2D eigenvalue weighted by atomic mass is 35.5. The number of aromatic nitrogens is 2. The molecule has 9 heteroatoms. The van der Waals surface area contributed by atoms with Crippen molar-refractivity contribution in [1.82, 2.24) is 9.78 Å². The zero-order valence-corrected chi connectivity index (χ0v) is 22.2. The van der Waals surface area contributed by atoms with Crippen LogP contribution in [-0.2, 0) is 13.2 Å². The molecule has 0 atom stereocenters. The number of aryl methyl sites for hydroxylation is 2. The number of nitrogens with zero attached hydrogens (tertiary/aromatic N) is 2. The minimum atomic E-state index is -0.367. The molecule has 1 aromatic heterocycles. The molecule has 0 aliphatic carbocycles. The predicted molar refractivity (Wildman–Crippen MR) is 144 cm³/mol. The standard InChI is InChI=1S/C27H24Cl3N3O3/c1-16-7-8-17(2)25(11-16)36-15-19-12-18(9-10-24(19)35-3)27(34)31-26-23(30)14-33(32-26)13-20-21(28)5-4-6-22(20)29/h4-12,14H,13,15H2,1-3H3,(H,31,32,34). The molecule has 0 aliphatic heterocycles. The number of carbonyl (C=O) groups excluding carboxylic acids is 1. The molecule has 0 bridgehead atoms. The van der Waals surface area contributed by atoms with Crippen LogP contribution in [0.3, 0.4) is 0 Å². The fourth-order valence-electron chi connectivity index (χ4n) is 3.64. The van der Waals surface area contributed by atoms with Crippen LogP contribution in [0.15, 0.2) is 60.8 Å². The lowest BCUT2D eigenvalue weighted by Crippen LogP contribution is -2.14. The second kappa shape index (κ2) is 11.2. The Morgan fingerprint density at radius 1 is 0.972 bits per heavy atom. The minimum Gasteiger partial charge on any atom is -0.496 e. The Morgan fingerprint density at radius 2 is 1.72 bits per heavy atom. The van der Waals surface area contributed by atoms with Crippen LogP contribution >= 0.6 is 34.8 Å². The van der Waals surface area contributed by atoms with E-state index in [4.69, 9.17) is 44.3 Å². The lowest BCUT2D eigenvalue weighted by atomic mass is 10.1. The molecule has 1 amide bonds. The first kappa shape index (κ1) is 25.9. The Labute approximate surface area is 224 Å². The smallest absolute Gasteiger partial charge is 0.256 e. The molecule has 0 radical (unpaired) electrons. The number of rotatable bonds is 8. The fourth-order valence-corrected chi connectivity index (χ4v) is 4.35. The molecule has 6 nitrogen and oxygen atoms in total. The van der Waals surface area contributed by atoms with Crippen LogP contribution in [-0.4, -0.2) is 22.8 Å². The maximum Gasteiger partial charge on any atom is 0.256 e. The summed E-state index contributed by atoms with van der Waals surface area (Å²) >= 11 is 18.9. The second-order valence-corrected chi connectivity index (χ2v) is 9.48. The average molecular weight is 545 g/mol. The van der Waals surface area contributed by atoms with Crippen molar-refractivity contribution < 1.29 is 14.3 Å². The molecular weight excluding hydrogens is 521 g/mol. The summed E-state index contributed by atoms with van der Waals surface area (Å²) in [7, 11) is 1.58. The maximum atomic E-state index is 13.0.